The lowest BCUT2D eigenvalue weighted by atomic mass is 10.2. The summed E-state index contributed by atoms with van der Waals surface area (Å²) in [5.41, 5.74) is 0.794. The maximum atomic E-state index is 11.8. The van der Waals surface area contributed by atoms with Gasteiger partial charge in [0.25, 0.3) is 0 Å². The van der Waals surface area contributed by atoms with Crippen LogP contribution < -0.4 is 14.8 Å². The maximum absolute atomic E-state index is 11.8. The highest BCUT2D eigenvalue weighted by atomic mass is 35.5. The van der Waals surface area contributed by atoms with Crippen LogP contribution in [-0.4, -0.2) is 19.2 Å². The fourth-order valence-corrected chi connectivity index (χ4v) is 3.06. The van der Waals surface area contributed by atoms with Gasteiger partial charge in [-0.15, -0.1) is 11.3 Å². The lowest BCUT2D eigenvalue weighted by molar-refractivity contribution is -0.116. The quantitative estimate of drug-likeness (QED) is 0.851. The Morgan fingerprint density at radius 1 is 1.41 bits per heavy atom. The van der Waals surface area contributed by atoms with E-state index in [1.165, 1.54) is 11.0 Å². The number of thiophene rings is 1. The molecule has 6 heteroatoms. The van der Waals surface area contributed by atoms with Gasteiger partial charge in [-0.3, -0.25) is 4.79 Å². The monoisotopic (exact) mass is 335 g/mol. The zero-order valence-electron chi connectivity index (χ0n) is 11.7. The lowest BCUT2D eigenvalue weighted by Gasteiger charge is -2.02. The van der Waals surface area contributed by atoms with E-state index in [1.807, 2.05) is 11.4 Å². The molecule has 0 saturated carbocycles. The highest BCUT2D eigenvalue weighted by molar-refractivity contribution is 7.09. The molecule has 0 radical (unpaired) electrons. The molecular formula is C16H14ClNO3S. The van der Waals surface area contributed by atoms with Gasteiger partial charge >= 0.3 is 0 Å². The van der Waals surface area contributed by atoms with Gasteiger partial charge in [0.1, 0.15) is 0 Å². The van der Waals surface area contributed by atoms with Crippen LogP contribution in [0.1, 0.15) is 10.4 Å². The van der Waals surface area contributed by atoms with Crippen LogP contribution in [0.25, 0.3) is 6.08 Å². The van der Waals surface area contributed by atoms with Gasteiger partial charge in [-0.2, -0.15) is 0 Å². The van der Waals surface area contributed by atoms with Gasteiger partial charge in [-0.25, -0.2) is 0 Å². The fourth-order valence-electron chi connectivity index (χ4n) is 2.08. The van der Waals surface area contributed by atoms with Crippen LogP contribution in [0.4, 0.5) is 0 Å². The Kier molecular flexibility index (Phi) is 4.65. The van der Waals surface area contributed by atoms with Crippen LogP contribution >= 0.6 is 22.9 Å². The number of hydrogen-bond donors (Lipinski definition) is 1. The average molecular weight is 336 g/mol. The molecule has 0 spiro atoms. The third-order valence-corrected chi connectivity index (χ3v) is 4.34. The van der Waals surface area contributed by atoms with Gasteiger partial charge < -0.3 is 14.8 Å². The van der Waals surface area contributed by atoms with Crippen molar-refractivity contribution in [2.45, 2.75) is 6.42 Å². The van der Waals surface area contributed by atoms with Crippen LogP contribution in [0.3, 0.4) is 0 Å². The molecule has 4 nitrogen and oxygen atoms in total. The predicted molar refractivity (Wildman–Crippen MR) is 87.6 cm³/mol. The number of carbonyl (C=O) groups is 1. The standard InChI is InChI=1S/C16H14ClNO3S/c17-13-8-11(9-14-16(13)21-10-20-14)3-4-15(19)18-6-5-12-2-1-7-22-12/h1-4,7-9H,5-6,10H2,(H,18,19)/b4-3-. The number of amides is 1. The van der Waals surface area contributed by atoms with Crippen molar-refractivity contribution >= 4 is 34.9 Å². The third kappa shape index (κ3) is 3.61. The van der Waals surface area contributed by atoms with Crippen molar-refractivity contribution in [2.24, 2.45) is 0 Å². The zero-order valence-corrected chi connectivity index (χ0v) is 13.2. The van der Waals surface area contributed by atoms with E-state index in [4.69, 9.17) is 21.1 Å². The molecular weight excluding hydrogens is 322 g/mol. The van der Waals surface area contributed by atoms with Crippen LogP contribution in [0.15, 0.2) is 35.7 Å². The van der Waals surface area contributed by atoms with E-state index in [2.05, 4.69) is 11.4 Å². The first-order chi connectivity index (χ1) is 10.7. The van der Waals surface area contributed by atoms with Crippen molar-refractivity contribution in [3.63, 3.8) is 0 Å². The first-order valence-electron chi connectivity index (χ1n) is 6.80. The fraction of sp³-hybridized carbons (Fsp3) is 0.188. The third-order valence-electron chi connectivity index (χ3n) is 3.13. The molecule has 0 atom stereocenters. The first kappa shape index (κ1) is 14.9. The number of fused-ring (bicyclic) bond motifs is 1. The molecule has 3 rings (SSSR count). The molecule has 1 aromatic carbocycles. The van der Waals surface area contributed by atoms with E-state index in [0.717, 1.165) is 12.0 Å². The number of rotatable bonds is 5. The zero-order chi connectivity index (χ0) is 15.4. The summed E-state index contributed by atoms with van der Waals surface area (Å²) >= 11 is 7.78. The molecule has 0 fully saturated rings. The SMILES string of the molecule is O=C(/C=C\c1cc(Cl)c2c(c1)OCO2)NCCc1cccs1. The molecule has 22 heavy (non-hydrogen) atoms. The van der Waals surface area contributed by atoms with Crippen LogP contribution in [0, 0.1) is 0 Å². The van der Waals surface area contributed by atoms with E-state index in [9.17, 15) is 4.79 Å². The Morgan fingerprint density at radius 2 is 2.32 bits per heavy atom. The molecule has 0 aliphatic carbocycles. The van der Waals surface area contributed by atoms with Gasteiger partial charge in [-0.1, -0.05) is 17.7 Å². The first-order valence-corrected chi connectivity index (χ1v) is 8.05. The average Bonchev–Trinajstić information content (AvgIpc) is 3.16. The van der Waals surface area contributed by atoms with Gasteiger partial charge in [0, 0.05) is 17.5 Å². The van der Waals surface area contributed by atoms with Crippen molar-refractivity contribution < 1.29 is 14.3 Å². The van der Waals surface area contributed by atoms with E-state index in [-0.39, 0.29) is 12.7 Å². The summed E-state index contributed by atoms with van der Waals surface area (Å²) in [7, 11) is 0. The topological polar surface area (TPSA) is 47.6 Å². The Hall–Kier alpha value is -1.98. The summed E-state index contributed by atoms with van der Waals surface area (Å²) in [6.07, 6.45) is 4.03. The molecule has 0 bridgehead atoms. The second-order valence-electron chi connectivity index (χ2n) is 4.69. The Bertz CT molecular complexity index is 698. The number of benzene rings is 1. The van der Waals surface area contributed by atoms with Crippen LogP contribution in [0.2, 0.25) is 5.02 Å². The summed E-state index contributed by atoms with van der Waals surface area (Å²) in [6.45, 7) is 0.789. The largest absolute Gasteiger partial charge is 0.454 e. The Labute approximate surface area is 137 Å². The summed E-state index contributed by atoms with van der Waals surface area (Å²) in [5.74, 6) is 1.02. The normalized spacial score (nSPS) is 12.8. The number of halogens is 1. The molecule has 0 unspecified atom stereocenters. The van der Waals surface area contributed by atoms with Crippen molar-refractivity contribution in [3.8, 4) is 11.5 Å². The van der Waals surface area contributed by atoms with Gasteiger partial charge in [0.05, 0.1) is 5.02 Å². The number of nitrogens with one attached hydrogen (secondary N) is 1. The van der Waals surface area contributed by atoms with Crippen molar-refractivity contribution in [1.82, 2.24) is 5.32 Å². The van der Waals surface area contributed by atoms with E-state index >= 15 is 0 Å². The Morgan fingerprint density at radius 3 is 3.14 bits per heavy atom. The Balaban J connectivity index is 1.55. The van der Waals surface area contributed by atoms with Crippen molar-refractivity contribution in [1.29, 1.82) is 0 Å². The van der Waals surface area contributed by atoms with Gasteiger partial charge in [0.15, 0.2) is 11.5 Å². The van der Waals surface area contributed by atoms with E-state index in [0.29, 0.717) is 23.1 Å². The minimum absolute atomic E-state index is 0.134. The van der Waals surface area contributed by atoms with Gasteiger partial charge in [0.2, 0.25) is 12.7 Å². The highest BCUT2D eigenvalue weighted by Crippen LogP contribution is 2.39. The maximum Gasteiger partial charge on any atom is 0.244 e. The smallest absolute Gasteiger partial charge is 0.244 e. The molecule has 2 heterocycles. The van der Waals surface area contributed by atoms with Crippen molar-refractivity contribution in [2.75, 3.05) is 13.3 Å². The minimum atomic E-state index is -0.134. The van der Waals surface area contributed by atoms with E-state index in [1.54, 1.807) is 29.5 Å². The number of ether oxygens (including phenoxy) is 2. The lowest BCUT2D eigenvalue weighted by Crippen LogP contribution is -2.23. The molecule has 1 aliphatic heterocycles. The summed E-state index contributed by atoms with van der Waals surface area (Å²) in [4.78, 5) is 13.0. The highest BCUT2D eigenvalue weighted by Gasteiger charge is 2.17. The number of hydrogen-bond acceptors (Lipinski definition) is 4. The van der Waals surface area contributed by atoms with Crippen LogP contribution in [-0.2, 0) is 11.2 Å². The second-order valence-corrected chi connectivity index (χ2v) is 6.13. The second kappa shape index (κ2) is 6.85. The van der Waals surface area contributed by atoms with E-state index < -0.39 is 0 Å². The molecule has 114 valence electrons. The molecule has 0 saturated heterocycles. The van der Waals surface area contributed by atoms with Crippen molar-refractivity contribution in [3.05, 3.63) is 51.2 Å². The number of carbonyl (C=O) groups excluding carboxylic acids is 1. The minimum Gasteiger partial charge on any atom is -0.454 e. The molecule has 1 amide bonds. The molecule has 1 aliphatic rings. The summed E-state index contributed by atoms with van der Waals surface area (Å²) in [5, 5.41) is 5.36. The van der Waals surface area contributed by atoms with Crippen LogP contribution in [0.5, 0.6) is 11.5 Å². The molecule has 1 N–H and O–H groups in total. The molecule has 2 aromatic rings. The van der Waals surface area contributed by atoms with Gasteiger partial charge in [-0.05, 0) is 41.6 Å². The predicted octanol–water partition coefficient (Wildman–Crippen LogP) is 3.50. The summed E-state index contributed by atoms with van der Waals surface area (Å²) < 4.78 is 10.5. The summed E-state index contributed by atoms with van der Waals surface area (Å²) in [6, 6.07) is 7.60. The molecule has 1 aromatic heterocycles.